The van der Waals surface area contributed by atoms with Crippen molar-refractivity contribution in [2.45, 2.75) is 46.3 Å². The first kappa shape index (κ1) is 18.5. The average molecular weight is 337 g/mol. The molecule has 2 aromatic rings. The van der Waals surface area contributed by atoms with Gasteiger partial charge in [0.15, 0.2) is 0 Å². The van der Waals surface area contributed by atoms with E-state index in [1.165, 1.54) is 10.4 Å². The number of hydrogen-bond acceptors (Lipinski definition) is 1. The van der Waals surface area contributed by atoms with E-state index in [1.54, 1.807) is 0 Å². The summed E-state index contributed by atoms with van der Waals surface area (Å²) in [5.41, 5.74) is 0. The molecule has 0 aliphatic heterocycles. The predicted molar refractivity (Wildman–Crippen MR) is 106 cm³/mol. The molecule has 0 saturated heterocycles. The minimum atomic E-state index is -2.28. The van der Waals surface area contributed by atoms with Crippen LogP contribution in [0.5, 0.6) is 0 Å². The zero-order valence-electron chi connectivity index (χ0n) is 15.3. The smallest absolute Gasteiger partial charge is 0.254 e. The Kier molecular flexibility index (Phi) is 6.84. The van der Waals surface area contributed by atoms with Crippen LogP contribution in [0.1, 0.15) is 33.6 Å². The molecule has 0 radical (unpaired) electrons. The highest BCUT2D eigenvalue weighted by atomic mass is 28.4. The van der Waals surface area contributed by atoms with Gasteiger partial charge in [-0.25, -0.2) is 0 Å². The first-order chi connectivity index (χ1) is 11.6. The fourth-order valence-corrected chi connectivity index (χ4v) is 5.87. The quantitative estimate of drug-likeness (QED) is 0.567. The maximum absolute atomic E-state index is 6.79. The monoisotopic (exact) mass is 336 g/mol. The van der Waals surface area contributed by atoms with E-state index in [9.17, 15) is 0 Å². The van der Waals surface area contributed by atoms with E-state index in [1.807, 2.05) is 0 Å². The van der Waals surface area contributed by atoms with Gasteiger partial charge in [-0.3, -0.25) is 0 Å². The summed E-state index contributed by atoms with van der Waals surface area (Å²) >= 11 is 0. The van der Waals surface area contributed by atoms with Crippen molar-refractivity contribution in [3.63, 3.8) is 0 Å². The summed E-state index contributed by atoms with van der Waals surface area (Å²) in [6, 6.07) is 21.3. The van der Waals surface area contributed by atoms with E-state index in [2.05, 4.69) is 99.8 Å². The van der Waals surface area contributed by atoms with Crippen molar-refractivity contribution in [1.29, 1.82) is 0 Å². The van der Waals surface area contributed by atoms with Crippen LogP contribution >= 0.6 is 0 Å². The van der Waals surface area contributed by atoms with Crippen molar-refractivity contribution in [1.82, 2.24) is 0 Å². The summed E-state index contributed by atoms with van der Waals surface area (Å²) in [6.07, 6.45) is 1.82. The molecule has 2 rings (SSSR count). The summed E-state index contributed by atoms with van der Waals surface area (Å²) in [6.45, 7) is 8.84. The molecule has 126 valence electrons. The van der Waals surface area contributed by atoms with Crippen LogP contribution in [0.3, 0.4) is 0 Å². The van der Waals surface area contributed by atoms with Gasteiger partial charge in [-0.2, -0.15) is 0 Å². The van der Waals surface area contributed by atoms with Crippen molar-refractivity contribution in [2.75, 3.05) is 0 Å². The van der Waals surface area contributed by atoms with Crippen molar-refractivity contribution in [2.24, 2.45) is 5.92 Å². The molecule has 0 saturated carbocycles. The molecule has 1 atom stereocenters. The molecule has 0 fully saturated rings. The van der Waals surface area contributed by atoms with Crippen molar-refractivity contribution >= 4 is 18.7 Å². The van der Waals surface area contributed by atoms with Crippen LogP contribution in [0.25, 0.3) is 0 Å². The van der Waals surface area contributed by atoms with Crippen LogP contribution in [0, 0.1) is 17.8 Å². The van der Waals surface area contributed by atoms with E-state index in [0.29, 0.717) is 5.92 Å². The molecule has 0 N–H and O–H groups in total. The van der Waals surface area contributed by atoms with Crippen LogP contribution in [0.4, 0.5) is 0 Å². The van der Waals surface area contributed by atoms with E-state index in [-0.39, 0.29) is 6.10 Å². The lowest BCUT2D eigenvalue weighted by atomic mass is 10.1. The summed E-state index contributed by atoms with van der Waals surface area (Å²) in [5, 5.41) is 2.59. The normalized spacial score (nSPS) is 12.5. The van der Waals surface area contributed by atoms with Crippen LogP contribution in [-0.2, 0) is 4.43 Å². The lowest BCUT2D eigenvalue weighted by molar-refractivity contribution is 0.227. The Labute approximate surface area is 148 Å². The second kappa shape index (κ2) is 8.87. The molecular weight excluding hydrogens is 308 g/mol. The highest BCUT2D eigenvalue weighted by molar-refractivity contribution is 6.96. The molecule has 24 heavy (non-hydrogen) atoms. The standard InChI is InChI=1S/C22H28OSi/c1-5-6-13-20(18-19(2)3)23-24(4,21-14-9-7-10-15-21)22-16-11-8-12-17-22/h7-12,14-17,19-20H,5,18H2,1-4H3. The number of benzene rings is 2. The van der Waals surface area contributed by atoms with Gasteiger partial charge in [0.1, 0.15) is 6.10 Å². The molecule has 0 aliphatic rings. The van der Waals surface area contributed by atoms with Gasteiger partial charge in [-0.1, -0.05) is 87.4 Å². The maximum atomic E-state index is 6.79. The van der Waals surface area contributed by atoms with Crippen LogP contribution in [-0.4, -0.2) is 14.4 Å². The van der Waals surface area contributed by atoms with E-state index in [4.69, 9.17) is 4.43 Å². The van der Waals surface area contributed by atoms with Gasteiger partial charge in [0.05, 0.1) is 0 Å². The molecule has 2 aromatic carbocycles. The van der Waals surface area contributed by atoms with Gasteiger partial charge in [0.25, 0.3) is 8.32 Å². The van der Waals surface area contributed by atoms with Crippen molar-refractivity contribution in [3.05, 3.63) is 60.7 Å². The van der Waals surface area contributed by atoms with Gasteiger partial charge in [-0.05, 0) is 29.3 Å². The largest absolute Gasteiger partial charge is 0.395 e. The summed E-state index contributed by atoms with van der Waals surface area (Å²) in [7, 11) is -2.28. The highest BCUT2D eigenvalue weighted by Gasteiger charge is 2.36. The third kappa shape index (κ3) is 4.83. The lowest BCUT2D eigenvalue weighted by Gasteiger charge is -2.32. The Bertz CT molecular complexity index is 628. The van der Waals surface area contributed by atoms with E-state index >= 15 is 0 Å². The Hall–Kier alpha value is -1.82. The molecule has 0 bridgehead atoms. The maximum Gasteiger partial charge on any atom is 0.254 e. The number of hydrogen-bond donors (Lipinski definition) is 0. The molecule has 0 aliphatic carbocycles. The second-order valence-electron chi connectivity index (χ2n) is 6.68. The van der Waals surface area contributed by atoms with Gasteiger partial charge in [0, 0.05) is 6.42 Å². The van der Waals surface area contributed by atoms with Gasteiger partial charge >= 0.3 is 0 Å². The first-order valence-electron chi connectivity index (χ1n) is 8.83. The van der Waals surface area contributed by atoms with Crippen molar-refractivity contribution in [3.8, 4) is 11.8 Å². The minimum absolute atomic E-state index is 0.0120. The molecule has 0 amide bonds. The van der Waals surface area contributed by atoms with Gasteiger partial charge < -0.3 is 4.43 Å². The summed E-state index contributed by atoms with van der Waals surface area (Å²) < 4.78 is 6.79. The zero-order valence-corrected chi connectivity index (χ0v) is 16.3. The Morgan fingerprint density at radius 1 is 0.917 bits per heavy atom. The Morgan fingerprint density at radius 2 is 1.42 bits per heavy atom. The molecule has 0 heterocycles. The molecule has 1 unspecified atom stereocenters. The highest BCUT2D eigenvalue weighted by Crippen LogP contribution is 2.15. The zero-order chi connectivity index (χ0) is 17.4. The fraction of sp³-hybridized carbons (Fsp3) is 0.364. The predicted octanol–water partition coefficient (Wildman–Crippen LogP) is 4.22. The van der Waals surface area contributed by atoms with Gasteiger partial charge in [-0.15, -0.1) is 5.92 Å². The number of rotatable bonds is 6. The Morgan fingerprint density at radius 3 is 1.83 bits per heavy atom. The Balaban J connectivity index is 2.42. The van der Waals surface area contributed by atoms with Crippen LogP contribution in [0.2, 0.25) is 6.55 Å². The third-order valence-electron chi connectivity index (χ3n) is 4.15. The van der Waals surface area contributed by atoms with E-state index < -0.39 is 8.32 Å². The topological polar surface area (TPSA) is 9.23 Å². The molecule has 1 nitrogen and oxygen atoms in total. The van der Waals surface area contributed by atoms with E-state index in [0.717, 1.165) is 12.8 Å². The third-order valence-corrected chi connectivity index (χ3v) is 7.78. The summed E-state index contributed by atoms with van der Waals surface area (Å²) in [4.78, 5) is 0. The molecule has 2 heteroatoms. The fourth-order valence-electron chi connectivity index (χ4n) is 2.88. The van der Waals surface area contributed by atoms with Gasteiger partial charge in [0.2, 0.25) is 0 Å². The lowest BCUT2D eigenvalue weighted by Crippen LogP contribution is -2.59. The molecular formula is C22H28OSi. The van der Waals surface area contributed by atoms with Crippen molar-refractivity contribution < 1.29 is 4.43 Å². The first-order valence-corrected chi connectivity index (χ1v) is 11.2. The molecule has 0 spiro atoms. The second-order valence-corrected chi connectivity index (χ2v) is 10.1. The molecule has 0 aromatic heterocycles. The summed E-state index contributed by atoms with van der Waals surface area (Å²) in [5.74, 6) is 7.15. The van der Waals surface area contributed by atoms with Crippen LogP contribution < -0.4 is 10.4 Å². The van der Waals surface area contributed by atoms with Crippen LogP contribution in [0.15, 0.2) is 60.7 Å². The minimum Gasteiger partial charge on any atom is -0.395 e. The average Bonchev–Trinajstić information content (AvgIpc) is 2.60. The SMILES string of the molecule is CCC#CC(CC(C)C)O[Si](C)(c1ccccc1)c1ccccc1.